The van der Waals surface area contributed by atoms with Crippen molar-refractivity contribution >= 4 is 23.4 Å². The highest BCUT2D eigenvalue weighted by molar-refractivity contribution is 6.33. The second-order valence-corrected chi connectivity index (χ2v) is 3.99. The third kappa shape index (κ3) is 1.73. The number of nitrogens with one attached hydrogen (secondary N) is 1. The summed E-state index contributed by atoms with van der Waals surface area (Å²) in [6, 6.07) is 0. The van der Waals surface area contributed by atoms with Gasteiger partial charge in [-0.3, -0.25) is 24.5 Å². The van der Waals surface area contributed by atoms with Crippen molar-refractivity contribution in [2.75, 3.05) is 0 Å². The molecule has 88 valence electrons. The van der Waals surface area contributed by atoms with Crippen molar-refractivity contribution in [3.8, 4) is 0 Å². The second-order valence-electron chi connectivity index (χ2n) is 3.99. The molecule has 1 aliphatic heterocycles. The lowest BCUT2D eigenvalue weighted by molar-refractivity contribution is -0.130. The van der Waals surface area contributed by atoms with E-state index in [2.05, 4.69) is 5.32 Å². The predicted octanol–water partition coefficient (Wildman–Crippen LogP) is 0.0637. The van der Waals surface area contributed by atoms with Crippen LogP contribution in [0.2, 0.25) is 0 Å². The van der Waals surface area contributed by atoms with Crippen LogP contribution in [-0.4, -0.2) is 23.4 Å². The van der Waals surface area contributed by atoms with Crippen molar-refractivity contribution in [2.24, 2.45) is 5.92 Å². The van der Waals surface area contributed by atoms with Gasteiger partial charge in [-0.05, 0) is 12.5 Å². The summed E-state index contributed by atoms with van der Waals surface area (Å²) in [4.78, 5) is 46.3. The molecular formula is C12H11NO4. The van der Waals surface area contributed by atoms with Crippen LogP contribution in [0, 0.1) is 5.92 Å². The number of carbonyl (C=O) groups is 4. The van der Waals surface area contributed by atoms with Crippen LogP contribution in [0.5, 0.6) is 0 Å². The van der Waals surface area contributed by atoms with Crippen LogP contribution in [0.25, 0.3) is 0 Å². The molecule has 1 saturated heterocycles. The van der Waals surface area contributed by atoms with Crippen LogP contribution >= 0.6 is 0 Å². The van der Waals surface area contributed by atoms with E-state index in [-0.39, 0.29) is 23.4 Å². The lowest BCUT2D eigenvalue weighted by atomic mass is 9.85. The first-order chi connectivity index (χ1) is 8.06. The Morgan fingerprint density at radius 3 is 2.65 bits per heavy atom. The summed E-state index contributed by atoms with van der Waals surface area (Å²) in [6.07, 6.45) is 3.62. The first kappa shape index (κ1) is 11.4. The Morgan fingerprint density at radius 2 is 2.00 bits per heavy atom. The molecule has 1 aliphatic carbocycles. The topological polar surface area (TPSA) is 80.3 Å². The van der Waals surface area contributed by atoms with E-state index in [1.54, 1.807) is 0 Å². The van der Waals surface area contributed by atoms with Crippen molar-refractivity contribution < 1.29 is 19.2 Å². The summed E-state index contributed by atoms with van der Waals surface area (Å²) in [5.74, 6) is -3.15. The predicted molar refractivity (Wildman–Crippen MR) is 57.7 cm³/mol. The number of ketones is 2. The molecule has 0 radical (unpaired) electrons. The molecule has 5 nitrogen and oxygen atoms in total. The van der Waals surface area contributed by atoms with Gasteiger partial charge in [0.15, 0.2) is 11.6 Å². The molecule has 2 aliphatic rings. The number of allylic oxidation sites excluding steroid dienone is 3. The molecule has 1 unspecified atom stereocenters. The SMILES string of the molecule is CCCC(=O)C1=CC=C2C(=O)NC(=O)C2C1=O. The molecule has 0 bridgehead atoms. The number of fused-ring (bicyclic) bond motifs is 1. The zero-order valence-corrected chi connectivity index (χ0v) is 9.28. The van der Waals surface area contributed by atoms with Gasteiger partial charge < -0.3 is 0 Å². The minimum Gasteiger partial charge on any atom is -0.294 e. The Balaban J connectivity index is 2.36. The Bertz CT molecular complexity index is 499. The number of hydrogen-bond donors (Lipinski definition) is 1. The summed E-state index contributed by atoms with van der Waals surface area (Å²) in [6.45, 7) is 1.83. The van der Waals surface area contributed by atoms with Crippen LogP contribution in [-0.2, 0) is 19.2 Å². The van der Waals surface area contributed by atoms with Crippen LogP contribution in [0.1, 0.15) is 19.8 Å². The summed E-state index contributed by atoms with van der Waals surface area (Å²) < 4.78 is 0. The molecule has 0 aromatic rings. The molecule has 0 spiro atoms. The third-order valence-electron chi connectivity index (χ3n) is 2.81. The fourth-order valence-electron chi connectivity index (χ4n) is 1.96. The number of Topliss-reactive ketones (excluding diaryl/α,β-unsaturated/α-hetero) is 2. The summed E-state index contributed by atoms with van der Waals surface area (Å²) in [5, 5.41) is 2.07. The molecule has 1 fully saturated rings. The van der Waals surface area contributed by atoms with Crippen molar-refractivity contribution in [3.63, 3.8) is 0 Å². The van der Waals surface area contributed by atoms with Gasteiger partial charge in [0.25, 0.3) is 5.91 Å². The monoisotopic (exact) mass is 233 g/mol. The summed E-state index contributed by atoms with van der Waals surface area (Å²) in [5.41, 5.74) is 0.151. The van der Waals surface area contributed by atoms with Gasteiger partial charge >= 0.3 is 0 Å². The quantitative estimate of drug-likeness (QED) is 0.424. The fraction of sp³-hybridized carbons (Fsp3) is 0.333. The zero-order valence-electron chi connectivity index (χ0n) is 9.28. The zero-order chi connectivity index (χ0) is 12.6. The molecule has 0 aromatic carbocycles. The van der Waals surface area contributed by atoms with E-state index in [4.69, 9.17) is 0 Å². The smallest absolute Gasteiger partial charge is 0.255 e. The van der Waals surface area contributed by atoms with E-state index in [0.717, 1.165) is 0 Å². The van der Waals surface area contributed by atoms with E-state index < -0.39 is 23.5 Å². The first-order valence-electron chi connectivity index (χ1n) is 5.40. The van der Waals surface area contributed by atoms with Gasteiger partial charge in [-0.1, -0.05) is 13.0 Å². The Hall–Kier alpha value is -2.04. The van der Waals surface area contributed by atoms with E-state index in [9.17, 15) is 19.2 Å². The highest BCUT2D eigenvalue weighted by Gasteiger charge is 2.44. The number of carbonyl (C=O) groups excluding carboxylic acids is 4. The van der Waals surface area contributed by atoms with E-state index in [1.807, 2.05) is 6.92 Å². The van der Waals surface area contributed by atoms with Crippen LogP contribution in [0.15, 0.2) is 23.3 Å². The highest BCUT2D eigenvalue weighted by Crippen LogP contribution is 2.27. The minimum atomic E-state index is -1.12. The van der Waals surface area contributed by atoms with E-state index >= 15 is 0 Å². The van der Waals surface area contributed by atoms with Gasteiger partial charge in [-0.2, -0.15) is 0 Å². The maximum absolute atomic E-state index is 11.9. The molecular weight excluding hydrogens is 222 g/mol. The summed E-state index contributed by atoms with van der Waals surface area (Å²) in [7, 11) is 0. The van der Waals surface area contributed by atoms with Crippen molar-refractivity contribution in [2.45, 2.75) is 19.8 Å². The van der Waals surface area contributed by atoms with Gasteiger partial charge in [-0.15, -0.1) is 0 Å². The average Bonchev–Trinajstić information content (AvgIpc) is 2.56. The molecule has 1 N–H and O–H groups in total. The van der Waals surface area contributed by atoms with Crippen molar-refractivity contribution in [1.29, 1.82) is 0 Å². The lowest BCUT2D eigenvalue weighted by Gasteiger charge is -2.13. The standard InChI is InChI=1S/C12H11NO4/c1-2-3-8(14)6-4-5-7-9(10(6)15)12(17)13-11(7)16/h4-5,9H,2-3H2,1H3,(H,13,16,17). The van der Waals surface area contributed by atoms with Crippen molar-refractivity contribution in [1.82, 2.24) is 5.32 Å². The van der Waals surface area contributed by atoms with Gasteiger partial charge in [0, 0.05) is 12.0 Å². The van der Waals surface area contributed by atoms with Gasteiger partial charge in [0.1, 0.15) is 5.92 Å². The van der Waals surface area contributed by atoms with Gasteiger partial charge in [0.05, 0.1) is 5.57 Å². The highest BCUT2D eigenvalue weighted by atomic mass is 16.2. The molecule has 2 amide bonds. The molecule has 1 heterocycles. The van der Waals surface area contributed by atoms with Gasteiger partial charge in [0.2, 0.25) is 5.91 Å². The molecule has 0 aromatic heterocycles. The molecule has 0 saturated carbocycles. The Labute approximate surface area is 97.6 Å². The lowest BCUT2D eigenvalue weighted by Crippen LogP contribution is -2.30. The minimum absolute atomic E-state index is 0.0189. The average molecular weight is 233 g/mol. The van der Waals surface area contributed by atoms with Crippen LogP contribution in [0.4, 0.5) is 0 Å². The number of rotatable bonds is 3. The van der Waals surface area contributed by atoms with Gasteiger partial charge in [-0.25, -0.2) is 0 Å². The molecule has 2 rings (SSSR count). The maximum Gasteiger partial charge on any atom is 0.255 e. The number of imide groups is 1. The van der Waals surface area contributed by atoms with E-state index in [0.29, 0.717) is 6.42 Å². The Morgan fingerprint density at radius 1 is 1.29 bits per heavy atom. The number of hydrogen-bond acceptors (Lipinski definition) is 4. The third-order valence-corrected chi connectivity index (χ3v) is 2.81. The fourth-order valence-corrected chi connectivity index (χ4v) is 1.96. The largest absolute Gasteiger partial charge is 0.294 e. The normalized spacial score (nSPS) is 22.9. The second kappa shape index (κ2) is 4.08. The van der Waals surface area contributed by atoms with Crippen LogP contribution in [0.3, 0.4) is 0 Å². The Kier molecular flexibility index (Phi) is 2.75. The molecule has 1 atom stereocenters. The molecule has 17 heavy (non-hydrogen) atoms. The first-order valence-corrected chi connectivity index (χ1v) is 5.40. The molecule has 5 heteroatoms. The maximum atomic E-state index is 11.9. The van der Waals surface area contributed by atoms with Crippen LogP contribution < -0.4 is 5.32 Å². The van der Waals surface area contributed by atoms with E-state index in [1.165, 1.54) is 12.2 Å². The summed E-state index contributed by atoms with van der Waals surface area (Å²) >= 11 is 0. The van der Waals surface area contributed by atoms with Crippen molar-refractivity contribution in [3.05, 3.63) is 23.3 Å². The number of amides is 2.